The minimum Gasteiger partial charge on any atom is -0.312 e. The van der Waals surface area contributed by atoms with Gasteiger partial charge in [-0.25, -0.2) is 0 Å². The van der Waals surface area contributed by atoms with Gasteiger partial charge < -0.3 is 15.1 Å². The minimum atomic E-state index is 0.746. The molecule has 1 N–H and O–H groups in total. The molecule has 0 bridgehead atoms. The normalized spacial score (nSPS) is 35.2. The van der Waals surface area contributed by atoms with E-state index in [0.29, 0.717) is 0 Å². The molecule has 0 saturated carbocycles. The molecule has 116 valence electrons. The van der Waals surface area contributed by atoms with Gasteiger partial charge in [0.1, 0.15) is 0 Å². The average molecular weight is 279 g/mol. The summed E-state index contributed by atoms with van der Waals surface area (Å²) in [5.41, 5.74) is 0. The van der Waals surface area contributed by atoms with Crippen LogP contribution in [0.1, 0.15) is 51.9 Å². The minimum absolute atomic E-state index is 0.746. The second kappa shape index (κ2) is 7.24. The van der Waals surface area contributed by atoms with Crippen molar-refractivity contribution < 1.29 is 0 Å². The van der Waals surface area contributed by atoms with Crippen molar-refractivity contribution in [2.24, 2.45) is 5.92 Å². The van der Waals surface area contributed by atoms with Gasteiger partial charge in [0.15, 0.2) is 0 Å². The highest BCUT2D eigenvalue weighted by molar-refractivity contribution is 4.86. The number of nitrogens with zero attached hydrogens (tertiary/aromatic N) is 2. The summed E-state index contributed by atoms with van der Waals surface area (Å²) >= 11 is 0. The van der Waals surface area contributed by atoms with E-state index >= 15 is 0 Å². The quantitative estimate of drug-likeness (QED) is 0.855. The molecule has 0 amide bonds. The summed E-state index contributed by atoms with van der Waals surface area (Å²) < 4.78 is 0. The third-order valence-electron chi connectivity index (χ3n) is 5.85. The molecule has 3 aliphatic rings. The van der Waals surface area contributed by atoms with Crippen molar-refractivity contribution in [3.63, 3.8) is 0 Å². The molecule has 2 unspecified atom stereocenters. The first kappa shape index (κ1) is 14.8. The number of piperidine rings is 3. The fourth-order valence-corrected chi connectivity index (χ4v) is 4.39. The van der Waals surface area contributed by atoms with Gasteiger partial charge in [0.2, 0.25) is 0 Å². The maximum absolute atomic E-state index is 3.74. The first-order valence-electron chi connectivity index (χ1n) is 9.03. The third-order valence-corrected chi connectivity index (χ3v) is 5.85. The Labute approximate surface area is 125 Å². The zero-order valence-electron chi connectivity index (χ0n) is 13.3. The Morgan fingerprint density at radius 2 is 1.65 bits per heavy atom. The number of likely N-dealkylation sites (tertiary alicyclic amines) is 2. The lowest BCUT2D eigenvalue weighted by molar-refractivity contribution is 0.0818. The van der Waals surface area contributed by atoms with E-state index in [1.807, 2.05) is 0 Å². The predicted octanol–water partition coefficient (Wildman–Crippen LogP) is 2.32. The maximum Gasteiger partial charge on any atom is 0.0220 e. The highest BCUT2D eigenvalue weighted by Gasteiger charge is 2.28. The monoisotopic (exact) mass is 279 g/mol. The first-order valence-corrected chi connectivity index (χ1v) is 9.03. The molecule has 3 aliphatic heterocycles. The van der Waals surface area contributed by atoms with Gasteiger partial charge in [-0.3, -0.25) is 0 Å². The van der Waals surface area contributed by atoms with Crippen LogP contribution < -0.4 is 5.32 Å². The van der Waals surface area contributed by atoms with E-state index in [1.54, 1.807) is 0 Å². The lowest BCUT2D eigenvalue weighted by Crippen LogP contribution is -2.52. The molecule has 0 spiro atoms. The second-order valence-corrected chi connectivity index (χ2v) is 7.31. The van der Waals surface area contributed by atoms with E-state index in [4.69, 9.17) is 0 Å². The highest BCUT2D eigenvalue weighted by atomic mass is 15.2. The molecule has 0 aromatic carbocycles. The highest BCUT2D eigenvalue weighted by Crippen LogP contribution is 2.22. The van der Waals surface area contributed by atoms with Crippen molar-refractivity contribution >= 4 is 0 Å². The molecule has 3 fully saturated rings. The van der Waals surface area contributed by atoms with Crippen LogP contribution in [-0.4, -0.2) is 61.2 Å². The lowest BCUT2D eigenvalue weighted by atomic mass is 9.91. The van der Waals surface area contributed by atoms with Crippen LogP contribution in [0.15, 0.2) is 0 Å². The van der Waals surface area contributed by atoms with Crippen LogP contribution in [0.4, 0.5) is 0 Å². The van der Waals surface area contributed by atoms with Gasteiger partial charge in [-0.05, 0) is 77.2 Å². The predicted molar refractivity (Wildman–Crippen MR) is 85.1 cm³/mol. The van der Waals surface area contributed by atoms with E-state index in [9.17, 15) is 0 Å². The largest absolute Gasteiger partial charge is 0.312 e. The Bertz CT molecular complexity index is 280. The van der Waals surface area contributed by atoms with Gasteiger partial charge in [-0.15, -0.1) is 0 Å². The fourth-order valence-electron chi connectivity index (χ4n) is 4.39. The zero-order valence-corrected chi connectivity index (χ0v) is 13.3. The summed E-state index contributed by atoms with van der Waals surface area (Å²) in [4.78, 5) is 5.50. The van der Waals surface area contributed by atoms with E-state index < -0.39 is 0 Å². The number of hydrogen-bond donors (Lipinski definition) is 1. The molecule has 3 heteroatoms. The zero-order chi connectivity index (χ0) is 13.8. The number of rotatable bonds is 3. The van der Waals surface area contributed by atoms with Crippen LogP contribution in [0.5, 0.6) is 0 Å². The smallest absolute Gasteiger partial charge is 0.0220 e. The van der Waals surface area contributed by atoms with Crippen LogP contribution in [0.3, 0.4) is 0 Å². The van der Waals surface area contributed by atoms with Gasteiger partial charge in [0, 0.05) is 18.6 Å². The molecule has 0 aromatic rings. The molecule has 20 heavy (non-hydrogen) atoms. The topological polar surface area (TPSA) is 18.5 Å². The number of hydrogen-bond acceptors (Lipinski definition) is 3. The standard InChI is InChI=1S/C17H33N3/c1-15-6-5-9-18-17(15)14-19-12-7-16(8-13-19)20-10-3-2-4-11-20/h15-18H,2-14H2,1H3. The summed E-state index contributed by atoms with van der Waals surface area (Å²) in [5, 5.41) is 3.74. The summed E-state index contributed by atoms with van der Waals surface area (Å²) in [6.07, 6.45) is 9.92. The Hall–Kier alpha value is -0.120. The van der Waals surface area contributed by atoms with Gasteiger partial charge in [-0.1, -0.05) is 13.3 Å². The molecular formula is C17H33N3. The first-order chi connectivity index (χ1) is 9.83. The molecule has 3 nitrogen and oxygen atoms in total. The van der Waals surface area contributed by atoms with Crippen LogP contribution in [0.2, 0.25) is 0 Å². The van der Waals surface area contributed by atoms with Crippen molar-refractivity contribution in [2.75, 3.05) is 39.3 Å². The molecule has 0 aromatic heterocycles. The molecule has 3 heterocycles. The lowest BCUT2D eigenvalue weighted by Gasteiger charge is -2.42. The molecule has 2 atom stereocenters. The summed E-state index contributed by atoms with van der Waals surface area (Å²) in [6.45, 7) is 10.3. The Morgan fingerprint density at radius 1 is 0.900 bits per heavy atom. The summed E-state index contributed by atoms with van der Waals surface area (Å²) in [5.74, 6) is 0.864. The third kappa shape index (κ3) is 3.75. The van der Waals surface area contributed by atoms with Gasteiger partial charge in [-0.2, -0.15) is 0 Å². The molecule has 0 aliphatic carbocycles. The van der Waals surface area contributed by atoms with Crippen molar-refractivity contribution in [3.05, 3.63) is 0 Å². The Kier molecular flexibility index (Phi) is 5.36. The second-order valence-electron chi connectivity index (χ2n) is 7.31. The van der Waals surface area contributed by atoms with Crippen LogP contribution in [-0.2, 0) is 0 Å². The van der Waals surface area contributed by atoms with Gasteiger partial charge in [0.05, 0.1) is 0 Å². The van der Waals surface area contributed by atoms with E-state index in [2.05, 4.69) is 22.0 Å². The fraction of sp³-hybridized carbons (Fsp3) is 1.00. The summed E-state index contributed by atoms with van der Waals surface area (Å²) in [6, 6.07) is 1.64. The Morgan fingerprint density at radius 3 is 2.35 bits per heavy atom. The van der Waals surface area contributed by atoms with E-state index in [-0.39, 0.29) is 0 Å². The van der Waals surface area contributed by atoms with E-state index in [1.165, 1.54) is 84.2 Å². The van der Waals surface area contributed by atoms with Crippen molar-refractivity contribution in [3.8, 4) is 0 Å². The average Bonchev–Trinajstić information content (AvgIpc) is 2.51. The van der Waals surface area contributed by atoms with Crippen molar-refractivity contribution in [2.45, 2.75) is 64.0 Å². The number of nitrogens with one attached hydrogen (secondary N) is 1. The van der Waals surface area contributed by atoms with Gasteiger partial charge in [0.25, 0.3) is 0 Å². The molecular weight excluding hydrogens is 246 g/mol. The van der Waals surface area contributed by atoms with Crippen molar-refractivity contribution in [1.29, 1.82) is 0 Å². The van der Waals surface area contributed by atoms with Gasteiger partial charge >= 0.3 is 0 Å². The Balaban J connectivity index is 1.41. The molecule has 3 rings (SSSR count). The van der Waals surface area contributed by atoms with E-state index in [0.717, 1.165) is 18.0 Å². The molecule has 0 radical (unpaired) electrons. The molecule has 3 saturated heterocycles. The SMILES string of the molecule is CC1CCCNC1CN1CCC(N2CCCCC2)CC1. The van der Waals surface area contributed by atoms with Crippen molar-refractivity contribution in [1.82, 2.24) is 15.1 Å². The van der Waals surface area contributed by atoms with Crippen LogP contribution >= 0.6 is 0 Å². The van der Waals surface area contributed by atoms with Crippen LogP contribution in [0, 0.1) is 5.92 Å². The summed E-state index contributed by atoms with van der Waals surface area (Å²) in [7, 11) is 0. The van der Waals surface area contributed by atoms with Crippen LogP contribution in [0.25, 0.3) is 0 Å². The maximum atomic E-state index is 3.74.